The van der Waals surface area contributed by atoms with E-state index in [-0.39, 0.29) is 24.2 Å². The van der Waals surface area contributed by atoms with Crippen molar-refractivity contribution in [3.63, 3.8) is 0 Å². The van der Waals surface area contributed by atoms with Crippen molar-refractivity contribution in [3.05, 3.63) is 11.6 Å². The lowest BCUT2D eigenvalue weighted by Gasteiger charge is -2.21. The summed E-state index contributed by atoms with van der Waals surface area (Å²) in [6, 6.07) is 0. The third kappa shape index (κ3) is 4.84. The molecule has 1 aliphatic rings. The monoisotopic (exact) mass is 238 g/mol. The van der Waals surface area contributed by atoms with Gasteiger partial charge >= 0.3 is 0 Å². The second kappa shape index (κ2) is 7.10. The Kier molecular flexibility index (Phi) is 6.97. The molecule has 1 rings (SSSR count). The molecule has 0 spiro atoms. The normalized spacial score (nSPS) is 16.9. The van der Waals surface area contributed by atoms with Crippen molar-refractivity contribution in [2.75, 3.05) is 19.6 Å². The van der Waals surface area contributed by atoms with E-state index in [0.29, 0.717) is 11.6 Å². The van der Waals surface area contributed by atoms with Crippen LogP contribution in [0.15, 0.2) is 11.6 Å². The number of carbonyl (C=O) groups is 1. The summed E-state index contributed by atoms with van der Waals surface area (Å²) in [5.41, 5.74) is 0. The lowest BCUT2D eigenvalue weighted by Crippen LogP contribution is -2.38. The Hall–Kier alpha value is -0.250. The number of nitrogens with one attached hydrogen (secondary N) is 2. The lowest BCUT2D eigenvalue weighted by molar-refractivity contribution is -0.125. The number of halogens is 2. The maximum atomic E-state index is 11.5. The van der Waals surface area contributed by atoms with Crippen molar-refractivity contribution in [2.24, 2.45) is 5.92 Å². The Labute approximate surface area is 95.7 Å². The number of rotatable bonds is 3. The van der Waals surface area contributed by atoms with Gasteiger partial charge in [-0.05, 0) is 25.9 Å². The fourth-order valence-corrected chi connectivity index (χ4v) is 1.48. The smallest absolute Gasteiger partial charge is 0.223 e. The minimum Gasteiger partial charge on any atom is -0.351 e. The summed E-state index contributed by atoms with van der Waals surface area (Å²) >= 11 is 5.54. The molecule has 3 nitrogen and oxygen atoms in total. The molecule has 1 fully saturated rings. The molecule has 0 aromatic carbocycles. The van der Waals surface area contributed by atoms with Gasteiger partial charge in [-0.1, -0.05) is 18.2 Å². The van der Waals surface area contributed by atoms with Crippen molar-refractivity contribution in [3.8, 4) is 0 Å². The van der Waals surface area contributed by atoms with E-state index in [0.717, 1.165) is 25.9 Å². The number of amides is 1. The van der Waals surface area contributed by atoms with Crippen LogP contribution in [0.4, 0.5) is 0 Å². The fourth-order valence-electron chi connectivity index (χ4n) is 1.41. The first-order valence-corrected chi connectivity index (χ1v) is 4.89. The molecular weight excluding hydrogens is 223 g/mol. The molecule has 0 bridgehead atoms. The quantitative estimate of drug-likeness (QED) is 0.778. The third-order valence-corrected chi connectivity index (χ3v) is 2.30. The SMILES string of the molecule is C=C(Cl)CNC(=O)C1CCNCC1.Cl. The van der Waals surface area contributed by atoms with Crippen LogP contribution in [0.1, 0.15) is 12.8 Å². The van der Waals surface area contributed by atoms with Gasteiger partial charge in [-0.25, -0.2) is 0 Å². The number of carbonyl (C=O) groups excluding carboxylic acids is 1. The molecule has 5 heteroatoms. The Bertz CT molecular complexity index is 203. The van der Waals surface area contributed by atoms with Crippen LogP contribution in [-0.2, 0) is 4.79 Å². The van der Waals surface area contributed by atoms with Crippen LogP contribution in [-0.4, -0.2) is 25.5 Å². The van der Waals surface area contributed by atoms with Gasteiger partial charge in [-0.15, -0.1) is 12.4 Å². The number of hydrogen-bond acceptors (Lipinski definition) is 2. The molecular formula is C9H16Cl2N2O. The molecule has 1 amide bonds. The summed E-state index contributed by atoms with van der Waals surface area (Å²) in [7, 11) is 0. The Morgan fingerprint density at radius 2 is 2.07 bits per heavy atom. The first kappa shape index (κ1) is 13.8. The summed E-state index contributed by atoms with van der Waals surface area (Å²) in [5.74, 6) is 0.251. The first-order chi connectivity index (χ1) is 6.20. The van der Waals surface area contributed by atoms with E-state index in [1.54, 1.807) is 0 Å². The molecule has 0 atom stereocenters. The van der Waals surface area contributed by atoms with Gasteiger partial charge < -0.3 is 10.6 Å². The second-order valence-corrected chi connectivity index (χ2v) is 3.79. The van der Waals surface area contributed by atoms with Crippen molar-refractivity contribution >= 4 is 29.9 Å². The highest BCUT2D eigenvalue weighted by Gasteiger charge is 2.20. The van der Waals surface area contributed by atoms with Crippen LogP contribution in [0.3, 0.4) is 0 Å². The zero-order chi connectivity index (χ0) is 9.68. The molecule has 14 heavy (non-hydrogen) atoms. The Balaban J connectivity index is 0.00000169. The van der Waals surface area contributed by atoms with Gasteiger partial charge in [-0.2, -0.15) is 0 Å². The van der Waals surface area contributed by atoms with Crippen molar-refractivity contribution in [2.45, 2.75) is 12.8 Å². The topological polar surface area (TPSA) is 41.1 Å². The van der Waals surface area contributed by atoms with E-state index in [2.05, 4.69) is 17.2 Å². The highest BCUT2D eigenvalue weighted by Crippen LogP contribution is 2.11. The standard InChI is InChI=1S/C9H15ClN2O.ClH/c1-7(10)6-12-9(13)8-2-4-11-5-3-8;/h8,11H,1-6H2,(H,12,13);1H. The van der Waals surface area contributed by atoms with Gasteiger partial charge in [0.15, 0.2) is 0 Å². The zero-order valence-electron chi connectivity index (χ0n) is 8.01. The van der Waals surface area contributed by atoms with Crippen LogP contribution < -0.4 is 10.6 Å². The van der Waals surface area contributed by atoms with E-state index >= 15 is 0 Å². The average molecular weight is 239 g/mol. The van der Waals surface area contributed by atoms with E-state index in [9.17, 15) is 4.79 Å². The zero-order valence-corrected chi connectivity index (χ0v) is 9.59. The molecule has 0 aromatic rings. The van der Waals surface area contributed by atoms with Gasteiger partial charge in [-0.3, -0.25) is 4.79 Å². The number of hydrogen-bond donors (Lipinski definition) is 2. The molecule has 82 valence electrons. The molecule has 1 saturated heterocycles. The predicted octanol–water partition coefficient (Wildman–Crippen LogP) is 1.28. The maximum absolute atomic E-state index is 11.5. The van der Waals surface area contributed by atoms with Gasteiger partial charge in [0, 0.05) is 11.0 Å². The van der Waals surface area contributed by atoms with Crippen molar-refractivity contribution in [1.29, 1.82) is 0 Å². The van der Waals surface area contributed by atoms with Crippen LogP contribution >= 0.6 is 24.0 Å². The molecule has 0 unspecified atom stereocenters. The largest absolute Gasteiger partial charge is 0.351 e. The molecule has 2 N–H and O–H groups in total. The number of piperidine rings is 1. The Morgan fingerprint density at radius 1 is 1.50 bits per heavy atom. The third-order valence-electron chi connectivity index (χ3n) is 2.16. The summed E-state index contributed by atoms with van der Waals surface area (Å²) < 4.78 is 0. The van der Waals surface area contributed by atoms with Crippen molar-refractivity contribution < 1.29 is 4.79 Å². The summed E-state index contributed by atoms with van der Waals surface area (Å²) in [6.07, 6.45) is 1.83. The van der Waals surface area contributed by atoms with Crippen LogP contribution in [0.5, 0.6) is 0 Å². The molecule has 0 saturated carbocycles. The summed E-state index contributed by atoms with van der Waals surface area (Å²) in [5, 5.41) is 6.44. The van der Waals surface area contributed by atoms with Gasteiger partial charge in [0.05, 0.1) is 6.54 Å². The fraction of sp³-hybridized carbons (Fsp3) is 0.667. The van der Waals surface area contributed by atoms with Gasteiger partial charge in [0.2, 0.25) is 5.91 Å². The van der Waals surface area contributed by atoms with Crippen LogP contribution in [0.2, 0.25) is 0 Å². The predicted molar refractivity (Wildman–Crippen MR) is 60.8 cm³/mol. The van der Waals surface area contributed by atoms with E-state index in [4.69, 9.17) is 11.6 Å². The van der Waals surface area contributed by atoms with Crippen LogP contribution in [0.25, 0.3) is 0 Å². The van der Waals surface area contributed by atoms with Crippen LogP contribution in [0, 0.1) is 5.92 Å². The molecule has 1 heterocycles. The molecule has 0 aromatic heterocycles. The molecule has 1 aliphatic heterocycles. The lowest BCUT2D eigenvalue weighted by atomic mass is 9.97. The van der Waals surface area contributed by atoms with E-state index in [1.165, 1.54) is 0 Å². The summed E-state index contributed by atoms with van der Waals surface area (Å²) in [6.45, 7) is 5.75. The van der Waals surface area contributed by atoms with Gasteiger partial charge in [0.1, 0.15) is 0 Å². The van der Waals surface area contributed by atoms with E-state index in [1.807, 2.05) is 0 Å². The maximum Gasteiger partial charge on any atom is 0.223 e. The highest BCUT2D eigenvalue weighted by atomic mass is 35.5. The second-order valence-electron chi connectivity index (χ2n) is 3.26. The van der Waals surface area contributed by atoms with Crippen molar-refractivity contribution in [1.82, 2.24) is 10.6 Å². The molecule has 0 radical (unpaired) electrons. The highest BCUT2D eigenvalue weighted by molar-refractivity contribution is 6.29. The first-order valence-electron chi connectivity index (χ1n) is 4.52. The minimum absolute atomic E-state index is 0. The Morgan fingerprint density at radius 3 is 2.57 bits per heavy atom. The summed E-state index contributed by atoms with van der Waals surface area (Å²) in [4.78, 5) is 11.5. The van der Waals surface area contributed by atoms with E-state index < -0.39 is 0 Å². The average Bonchev–Trinajstić information content (AvgIpc) is 2.15. The minimum atomic E-state index is 0. The molecule has 0 aliphatic carbocycles. The van der Waals surface area contributed by atoms with Gasteiger partial charge in [0.25, 0.3) is 0 Å².